The summed E-state index contributed by atoms with van der Waals surface area (Å²) in [6.07, 6.45) is 1.82. The topological polar surface area (TPSA) is 113 Å². The van der Waals surface area contributed by atoms with Crippen molar-refractivity contribution in [2.24, 2.45) is 5.92 Å². The third-order valence-corrected chi connectivity index (χ3v) is 5.36. The summed E-state index contributed by atoms with van der Waals surface area (Å²) in [6.45, 7) is 4.62. The third-order valence-electron chi connectivity index (χ3n) is 5.36. The van der Waals surface area contributed by atoms with Crippen molar-refractivity contribution in [3.05, 3.63) is 39.9 Å². The minimum Gasteiger partial charge on any atom is -0.341 e. The molecule has 3 rings (SSSR count). The Morgan fingerprint density at radius 1 is 1.26 bits per heavy atom. The summed E-state index contributed by atoms with van der Waals surface area (Å²) in [4.78, 5) is 50.6. The van der Waals surface area contributed by atoms with Crippen LogP contribution in [0.1, 0.15) is 32.3 Å². The molecule has 0 bridgehead atoms. The fourth-order valence-electron chi connectivity index (χ4n) is 3.45. The number of nitrogens with one attached hydrogen (secondary N) is 1. The first kappa shape index (κ1) is 18.8. The van der Waals surface area contributed by atoms with E-state index < -0.39 is 22.4 Å². The van der Waals surface area contributed by atoms with Crippen LogP contribution in [0.3, 0.4) is 0 Å². The van der Waals surface area contributed by atoms with Crippen LogP contribution in [0.25, 0.3) is 0 Å². The van der Waals surface area contributed by atoms with Gasteiger partial charge in [0.25, 0.3) is 11.6 Å². The zero-order valence-electron chi connectivity index (χ0n) is 15.3. The summed E-state index contributed by atoms with van der Waals surface area (Å²) in [7, 11) is 0. The fourth-order valence-corrected chi connectivity index (χ4v) is 3.45. The lowest BCUT2D eigenvalue weighted by Crippen LogP contribution is -2.46. The largest absolute Gasteiger partial charge is 0.341 e. The summed E-state index contributed by atoms with van der Waals surface area (Å²) in [5.41, 5.74) is -1.04. The highest BCUT2D eigenvalue weighted by atomic mass is 16.6. The van der Waals surface area contributed by atoms with Crippen LogP contribution in [-0.2, 0) is 15.1 Å². The molecule has 2 aliphatic rings. The normalized spacial score (nSPS) is 23.5. The van der Waals surface area contributed by atoms with Gasteiger partial charge in [-0.1, -0.05) is 6.92 Å². The SMILES string of the molecule is CC1CCN(C(=O)CN2C(=O)NC(C)(c3ccc([N+](=O)[O-])cc3)C2=O)CC1. The predicted octanol–water partition coefficient (Wildman–Crippen LogP) is 1.62. The lowest BCUT2D eigenvalue weighted by Gasteiger charge is -2.31. The molecule has 2 aliphatic heterocycles. The van der Waals surface area contributed by atoms with E-state index in [1.54, 1.807) is 4.90 Å². The molecule has 0 saturated carbocycles. The number of nitro groups is 1. The molecule has 4 amide bonds. The Balaban J connectivity index is 1.74. The number of piperidine rings is 1. The van der Waals surface area contributed by atoms with Gasteiger partial charge in [-0.3, -0.25) is 24.6 Å². The molecular formula is C18H22N4O5. The molecule has 2 fully saturated rings. The van der Waals surface area contributed by atoms with Gasteiger partial charge in [0.15, 0.2) is 0 Å². The minimum absolute atomic E-state index is 0.106. The van der Waals surface area contributed by atoms with E-state index in [2.05, 4.69) is 12.2 Å². The Hall–Kier alpha value is -2.97. The third kappa shape index (κ3) is 3.49. The Morgan fingerprint density at radius 2 is 1.85 bits per heavy atom. The number of amides is 4. The van der Waals surface area contributed by atoms with Crippen LogP contribution >= 0.6 is 0 Å². The highest BCUT2D eigenvalue weighted by Crippen LogP contribution is 2.30. The van der Waals surface area contributed by atoms with Gasteiger partial charge in [-0.15, -0.1) is 0 Å². The van der Waals surface area contributed by atoms with E-state index in [-0.39, 0.29) is 18.1 Å². The van der Waals surface area contributed by atoms with E-state index in [1.807, 2.05) is 0 Å². The van der Waals surface area contributed by atoms with Gasteiger partial charge >= 0.3 is 6.03 Å². The monoisotopic (exact) mass is 374 g/mol. The van der Waals surface area contributed by atoms with Crippen molar-refractivity contribution >= 4 is 23.5 Å². The number of non-ortho nitro benzene ring substituents is 1. The molecule has 0 aromatic heterocycles. The maximum Gasteiger partial charge on any atom is 0.325 e. The van der Waals surface area contributed by atoms with Gasteiger partial charge < -0.3 is 10.2 Å². The van der Waals surface area contributed by atoms with Gasteiger partial charge in [0.2, 0.25) is 5.91 Å². The van der Waals surface area contributed by atoms with Crippen molar-refractivity contribution in [3.8, 4) is 0 Å². The van der Waals surface area contributed by atoms with Crippen molar-refractivity contribution in [3.63, 3.8) is 0 Å². The number of likely N-dealkylation sites (tertiary alicyclic amines) is 1. The molecule has 1 unspecified atom stereocenters. The van der Waals surface area contributed by atoms with Crippen molar-refractivity contribution in [1.82, 2.24) is 15.1 Å². The fraction of sp³-hybridized carbons (Fsp3) is 0.500. The number of nitrogens with zero attached hydrogens (tertiary/aromatic N) is 3. The van der Waals surface area contributed by atoms with Crippen LogP contribution in [0, 0.1) is 16.0 Å². The van der Waals surface area contributed by atoms with Crippen molar-refractivity contribution in [2.45, 2.75) is 32.2 Å². The van der Waals surface area contributed by atoms with Gasteiger partial charge in [-0.25, -0.2) is 4.79 Å². The maximum atomic E-state index is 12.9. The van der Waals surface area contributed by atoms with Crippen molar-refractivity contribution in [2.75, 3.05) is 19.6 Å². The second-order valence-electron chi connectivity index (χ2n) is 7.31. The highest BCUT2D eigenvalue weighted by molar-refractivity contribution is 6.09. The molecule has 9 heteroatoms. The van der Waals surface area contributed by atoms with E-state index in [0.717, 1.165) is 17.7 Å². The van der Waals surface area contributed by atoms with E-state index in [9.17, 15) is 24.5 Å². The molecule has 0 radical (unpaired) electrons. The van der Waals surface area contributed by atoms with Gasteiger partial charge in [0.1, 0.15) is 12.1 Å². The number of nitro benzene ring substituents is 1. The highest BCUT2D eigenvalue weighted by Gasteiger charge is 2.49. The lowest BCUT2D eigenvalue weighted by atomic mass is 9.92. The molecule has 1 atom stereocenters. The second-order valence-corrected chi connectivity index (χ2v) is 7.31. The Kier molecular flexibility index (Phi) is 4.86. The molecule has 0 spiro atoms. The molecule has 0 aliphatic carbocycles. The first-order valence-electron chi connectivity index (χ1n) is 8.89. The first-order valence-corrected chi connectivity index (χ1v) is 8.89. The van der Waals surface area contributed by atoms with E-state index in [1.165, 1.54) is 31.2 Å². The van der Waals surface area contributed by atoms with Crippen LogP contribution in [0.2, 0.25) is 0 Å². The maximum absolute atomic E-state index is 12.9. The standard InChI is InChI=1S/C18H22N4O5/c1-12-7-9-20(10-8-12)15(23)11-21-16(24)18(2,19-17(21)25)13-3-5-14(6-4-13)22(26)27/h3-6,12H,7-11H2,1-2H3,(H,19,25). The average molecular weight is 374 g/mol. The molecule has 2 heterocycles. The number of carbonyl (C=O) groups excluding carboxylic acids is 3. The quantitative estimate of drug-likeness (QED) is 0.489. The van der Waals surface area contributed by atoms with Gasteiger partial charge in [0, 0.05) is 25.2 Å². The molecule has 9 nitrogen and oxygen atoms in total. The summed E-state index contributed by atoms with van der Waals surface area (Å²) in [6, 6.07) is 4.80. The zero-order valence-corrected chi connectivity index (χ0v) is 15.3. The molecule has 1 aromatic carbocycles. The van der Waals surface area contributed by atoms with Crippen LogP contribution in [-0.4, -0.2) is 52.2 Å². The van der Waals surface area contributed by atoms with Gasteiger partial charge in [-0.05, 0) is 43.4 Å². The number of carbonyl (C=O) groups is 3. The second kappa shape index (κ2) is 6.98. The number of rotatable bonds is 4. The van der Waals surface area contributed by atoms with Crippen LogP contribution < -0.4 is 5.32 Å². The Bertz CT molecular complexity index is 785. The lowest BCUT2D eigenvalue weighted by molar-refractivity contribution is -0.384. The number of benzene rings is 1. The van der Waals surface area contributed by atoms with Crippen LogP contribution in [0.15, 0.2) is 24.3 Å². The minimum atomic E-state index is -1.36. The molecule has 1 N–H and O–H groups in total. The molecule has 27 heavy (non-hydrogen) atoms. The van der Waals surface area contributed by atoms with E-state index in [0.29, 0.717) is 24.6 Å². The van der Waals surface area contributed by atoms with Gasteiger partial charge in [-0.2, -0.15) is 0 Å². The predicted molar refractivity (Wildman–Crippen MR) is 95.7 cm³/mol. The summed E-state index contributed by atoms with van der Waals surface area (Å²) >= 11 is 0. The van der Waals surface area contributed by atoms with Gasteiger partial charge in [0.05, 0.1) is 4.92 Å². The summed E-state index contributed by atoms with van der Waals surface area (Å²) < 4.78 is 0. The summed E-state index contributed by atoms with van der Waals surface area (Å²) in [5, 5.41) is 13.4. The van der Waals surface area contributed by atoms with Crippen molar-refractivity contribution in [1.29, 1.82) is 0 Å². The Labute approximate surface area is 156 Å². The van der Waals surface area contributed by atoms with Crippen molar-refractivity contribution < 1.29 is 19.3 Å². The number of urea groups is 1. The molecular weight excluding hydrogens is 352 g/mol. The molecule has 144 valence electrons. The summed E-state index contributed by atoms with van der Waals surface area (Å²) in [5.74, 6) is -0.227. The number of imide groups is 1. The molecule has 1 aromatic rings. The zero-order chi connectivity index (χ0) is 19.8. The van der Waals surface area contributed by atoms with Crippen LogP contribution in [0.4, 0.5) is 10.5 Å². The Morgan fingerprint density at radius 3 is 2.41 bits per heavy atom. The van der Waals surface area contributed by atoms with E-state index >= 15 is 0 Å². The smallest absolute Gasteiger partial charge is 0.325 e. The first-order chi connectivity index (χ1) is 12.7. The average Bonchev–Trinajstić information content (AvgIpc) is 2.86. The van der Waals surface area contributed by atoms with E-state index in [4.69, 9.17) is 0 Å². The number of hydrogen-bond acceptors (Lipinski definition) is 5. The number of hydrogen-bond donors (Lipinski definition) is 1. The van der Waals surface area contributed by atoms with Crippen LogP contribution in [0.5, 0.6) is 0 Å². The molecule has 2 saturated heterocycles.